The second-order valence-corrected chi connectivity index (χ2v) is 5.35. The van der Waals surface area contributed by atoms with Gasteiger partial charge in [0.15, 0.2) is 0 Å². The summed E-state index contributed by atoms with van der Waals surface area (Å²) >= 11 is 0. The predicted octanol–water partition coefficient (Wildman–Crippen LogP) is 3.05. The standard InChI is InChI=1S/C16H21NO/c1-12(2)17-16(3,11-18)15-9-8-13-6-4-5-7-14(13)10-15/h4-10,12,17-18H,11H2,1-3H3. The van der Waals surface area contributed by atoms with Gasteiger partial charge in [0.25, 0.3) is 0 Å². The molecule has 0 aliphatic rings. The average Bonchev–Trinajstić information content (AvgIpc) is 2.37. The largest absolute Gasteiger partial charge is 0.394 e. The van der Waals surface area contributed by atoms with Gasteiger partial charge in [0.1, 0.15) is 0 Å². The molecular formula is C16H21NO. The molecule has 2 heteroatoms. The SMILES string of the molecule is CC(C)NC(C)(CO)c1ccc2ccccc2c1. The van der Waals surface area contributed by atoms with Crippen molar-refractivity contribution in [3.63, 3.8) is 0 Å². The van der Waals surface area contributed by atoms with Gasteiger partial charge in [0, 0.05) is 6.04 Å². The van der Waals surface area contributed by atoms with Gasteiger partial charge >= 0.3 is 0 Å². The molecule has 0 heterocycles. The van der Waals surface area contributed by atoms with Gasteiger partial charge in [0.05, 0.1) is 12.1 Å². The van der Waals surface area contributed by atoms with Crippen molar-refractivity contribution >= 4 is 10.8 Å². The number of fused-ring (bicyclic) bond motifs is 1. The first-order chi connectivity index (χ1) is 8.55. The first-order valence-electron chi connectivity index (χ1n) is 6.43. The molecule has 0 amide bonds. The Morgan fingerprint density at radius 2 is 1.78 bits per heavy atom. The number of nitrogens with one attached hydrogen (secondary N) is 1. The number of hydrogen-bond donors (Lipinski definition) is 2. The van der Waals surface area contributed by atoms with Crippen LogP contribution in [0.2, 0.25) is 0 Å². The van der Waals surface area contributed by atoms with Crippen LogP contribution in [0.3, 0.4) is 0 Å². The summed E-state index contributed by atoms with van der Waals surface area (Å²) in [7, 11) is 0. The van der Waals surface area contributed by atoms with Crippen molar-refractivity contribution in [3.8, 4) is 0 Å². The molecule has 0 saturated carbocycles. The van der Waals surface area contributed by atoms with E-state index in [4.69, 9.17) is 0 Å². The molecule has 2 aromatic carbocycles. The fourth-order valence-electron chi connectivity index (χ4n) is 2.39. The molecule has 1 atom stereocenters. The molecule has 0 radical (unpaired) electrons. The van der Waals surface area contributed by atoms with Crippen LogP contribution in [-0.2, 0) is 5.54 Å². The molecular weight excluding hydrogens is 222 g/mol. The van der Waals surface area contributed by atoms with Crippen LogP contribution < -0.4 is 5.32 Å². The van der Waals surface area contributed by atoms with E-state index >= 15 is 0 Å². The zero-order chi connectivity index (χ0) is 13.2. The first kappa shape index (κ1) is 13.1. The van der Waals surface area contributed by atoms with Crippen molar-refractivity contribution in [2.45, 2.75) is 32.4 Å². The second-order valence-electron chi connectivity index (χ2n) is 5.35. The molecule has 2 nitrogen and oxygen atoms in total. The van der Waals surface area contributed by atoms with Crippen LogP contribution in [-0.4, -0.2) is 17.8 Å². The molecule has 2 aromatic rings. The maximum Gasteiger partial charge on any atom is 0.0652 e. The van der Waals surface area contributed by atoms with Crippen molar-refractivity contribution in [2.24, 2.45) is 0 Å². The lowest BCUT2D eigenvalue weighted by Gasteiger charge is -2.32. The Labute approximate surface area is 109 Å². The average molecular weight is 243 g/mol. The molecule has 2 N–H and O–H groups in total. The van der Waals surface area contributed by atoms with Crippen LogP contribution in [0.4, 0.5) is 0 Å². The minimum Gasteiger partial charge on any atom is -0.394 e. The third-order valence-electron chi connectivity index (χ3n) is 3.31. The smallest absolute Gasteiger partial charge is 0.0652 e. The van der Waals surface area contributed by atoms with Crippen LogP contribution in [0, 0.1) is 0 Å². The maximum atomic E-state index is 9.70. The minimum absolute atomic E-state index is 0.0868. The normalized spacial score (nSPS) is 14.9. The summed E-state index contributed by atoms with van der Waals surface area (Å²) in [6, 6.07) is 15.0. The van der Waals surface area contributed by atoms with Crippen LogP contribution in [0.1, 0.15) is 26.3 Å². The molecule has 18 heavy (non-hydrogen) atoms. The Morgan fingerprint density at radius 1 is 1.11 bits per heavy atom. The zero-order valence-corrected chi connectivity index (χ0v) is 11.3. The number of rotatable bonds is 4. The molecule has 96 valence electrons. The highest BCUT2D eigenvalue weighted by Crippen LogP contribution is 2.25. The zero-order valence-electron chi connectivity index (χ0n) is 11.3. The lowest BCUT2D eigenvalue weighted by Crippen LogP contribution is -2.46. The van der Waals surface area contributed by atoms with Crippen molar-refractivity contribution < 1.29 is 5.11 Å². The van der Waals surface area contributed by atoms with Gasteiger partial charge in [-0.25, -0.2) is 0 Å². The highest BCUT2D eigenvalue weighted by atomic mass is 16.3. The Balaban J connectivity index is 2.45. The molecule has 1 unspecified atom stereocenters. The summed E-state index contributed by atoms with van der Waals surface area (Å²) in [4.78, 5) is 0. The van der Waals surface area contributed by atoms with Crippen molar-refractivity contribution in [2.75, 3.05) is 6.61 Å². The molecule has 0 bridgehead atoms. The van der Waals surface area contributed by atoms with Crippen molar-refractivity contribution in [1.82, 2.24) is 5.32 Å². The highest BCUT2D eigenvalue weighted by Gasteiger charge is 2.26. The van der Waals surface area contributed by atoms with E-state index in [1.54, 1.807) is 0 Å². The molecule has 0 spiro atoms. The Hall–Kier alpha value is -1.38. The van der Waals surface area contributed by atoms with Gasteiger partial charge < -0.3 is 10.4 Å². The number of aliphatic hydroxyl groups is 1. The summed E-state index contributed by atoms with van der Waals surface area (Å²) in [5.41, 5.74) is 0.732. The first-order valence-corrected chi connectivity index (χ1v) is 6.43. The lowest BCUT2D eigenvalue weighted by molar-refractivity contribution is 0.166. The van der Waals surface area contributed by atoms with Gasteiger partial charge in [-0.15, -0.1) is 0 Å². The van der Waals surface area contributed by atoms with E-state index in [2.05, 4.69) is 49.5 Å². The van der Waals surface area contributed by atoms with Gasteiger partial charge in [-0.2, -0.15) is 0 Å². The topological polar surface area (TPSA) is 32.3 Å². The lowest BCUT2D eigenvalue weighted by atomic mass is 9.90. The molecule has 0 aromatic heterocycles. The Morgan fingerprint density at radius 3 is 2.39 bits per heavy atom. The second kappa shape index (κ2) is 5.09. The van der Waals surface area contributed by atoms with E-state index in [1.165, 1.54) is 10.8 Å². The van der Waals surface area contributed by atoms with E-state index < -0.39 is 5.54 Å². The molecule has 0 fully saturated rings. The fourth-order valence-corrected chi connectivity index (χ4v) is 2.39. The number of aliphatic hydroxyl groups excluding tert-OH is 1. The summed E-state index contributed by atoms with van der Waals surface area (Å²) in [6.07, 6.45) is 0. The fraction of sp³-hybridized carbons (Fsp3) is 0.375. The van der Waals surface area contributed by atoms with Crippen molar-refractivity contribution in [3.05, 3.63) is 48.0 Å². The summed E-state index contributed by atoms with van der Waals surface area (Å²) < 4.78 is 0. The number of hydrogen-bond acceptors (Lipinski definition) is 2. The van der Waals surface area contributed by atoms with Gasteiger partial charge in [0.2, 0.25) is 0 Å². The monoisotopic (exact) mass is 243 g/mol. The van der Waals surface area contributed by atoms with Gasteiger partial charge in [-0.1, -0.05) is 36.4 Å². The van der Waals surface area contributed by atoms with E-state index in [0.29, 0.717) is 6.04 Å². The maximum absolute atomic E-state index is 9.70. The van der Waals surface area contributed by atoms with Crippen LogP contribution in [0.15, 0.2) is 42.5 Å². The van der Waals surface area contributed by atoms with E-state index in [0.717, 1.165) is 5.56 Å². The highest BCUT2D eigenvalue weighted by molar-refractivity contribution is 5.83. The molecule has 0 aliphatic carbocycles. The number of benzene rings is 2. The quantitative estimate of drug-likeness (QED) is 0.865. The van der Waals surface area contributed by atoms with E-state index in [1.807, 2.05) is 19.1 Å². The van der Waals surface area contributed by atoms with Crippen LogP contribution >= 0.6 is 0 Å². The third kappa shape index (κ3) is 2.55. The summed E-state index contributed by atoms with van der Waals surface area (Å²) in [5, 5.41) is 15.6. The van der Waals surface area contributed by atoms with Crippen LogP contribution in [0.5, 0.6) is 0 Å². The van der Waals surface area contributed by atoms with Crippen molar-refractivity contribution in [1.29, 1.82) is 0 Å². The van der Waals surface area contributed by atoms with Crippen LogP contribution in [0.25, 0.3) is 10.8 Å². The van der Waals surface area contributed by atoms with E-state index in [9.17, 15) is 5.11 Å². The van der Waals surface area contributed by atoms with Gasteiger partial charge in [-0.05, 0) is 43.2 Å². The Bertz CT molecular complexity index is 535. The predicted molar refractivity (Wildman–Crippen MR) is 76.7 cm³/mol. The molecule has 2 rings (SSSR count). The van der Waals surface area contributed by atoms with Gasteiger partial charge in [-0.3, -0.25) is 0 Å². The molecule has 0 aliphatic heterocycles. The Kier molecular flexibility index (Phi) is 3.69. The van der Waals surface area contributed by atoms with E-state index in [-0.39, 0.29) is 6.61 Å². The summed E-state index contributed by atoms with van der Waals surface area (Å²) in [6.45, 7) is 6.31. The summed E-state index contributed by atoms with van der Waals surface area (Å²) in [5.74, 6) is 0. The minimum atomic E-state index is -0.391. The third-order valence-corrected chi connectivity index (χ3v) is 3.31. The molecule has 0 saturated heterocycles.